The average Bonchev–Trinajstić information content (AvgIpc) is 3.22. The van der Waals surface area contributed by atoms with Crippen LogP contribution in [0.1, 0.15) is 16.8 Å². The molecule has 2 amide bonds. The smallest absolute Gasteiger partial charge is 0.253 e. The average molecular weight is 405 g/mol. The van der Waals surface area contributed by atoms with E-state index in [-0.39, 0.29) is 23.7 Å². The minimum absolute atomic E-state index is 0.00566. The molecule has 0 unspecified atom stereocenters. The molecule has 4 rings (SSSR count). The van der Waals surface area contributed by atoms with Crippen molar-refractivity contribution in [2.75, 3.05) is 23.7 Å². The zero-order chi connectivity index (χ0) is 21.1. The summed E-state index contributed by atoms with van der Waals surface area (Å²) in [6, 6.07) is 11.5. The Morgan fingerprint density at radius 3 is 2.77 bits per heavy atom. The lowest BCUT2D eigenvalue weighted by atomic mass is 10.2. The Hall–Kier alpha value is -3.81. The number of nitrogens with zero attached hydrogens (tertiary/aromatic N) is 3. The molecule has 1 saturated heterocycles. The molecule has 0 bridgehead atoms. The summed E-state index contributed by atoms with van der Waals surface area (Å²) in [5.74, 6) is -0.329. The Bertz CT molecular complexity index is 1120. The molecule has 7 nitrogen and oxygen atoms in total. The molecule has 152 valence electrons. The second-order valence-corrected chi connectivity index (χ2v) is 7.02. The first-order valence-electron chi connectivity index (χ1n) is 9.54. The van der Waals surface area contributed by atoms with E-state index in [1.807, 2.05) is 0 Å². The first-order chi connectivity index (χ1) is 14.5. The fourth-order valence-corrected chi connectivity index (χ4v) is 3.41. The Kier molecular flexibility index (Phi) is 5.38. The number of carbonyl (C=O) groups is 2. The van der Waals surface area contributed by atoms with Crippen LogP contribution in [0.2, 0.25) is 0 Å². The Balaban J connectivity index is 1.38. The molecule has 2 heterocycles. The Morgan fingerprint density at radius 1 is 1.20 bits per heavy atom. The third kappa shape index (κ3) is 4.12. The van der Waals surface area contributed by atoms with Crippen LogP contribution in [0.4, 0.5) is 16.0 Å². The maximum atomic E-state index is 13.8. The lowest BCUT2D eigenvalue weighted by Gasteiger charge is -2.17. The van der Waals surface area contributed by atoms with Gasteiger partial charge in [-0.3, -0.25) is 9.59 Å². The van der Waals surface area contributed by atoms with Crippen molar-refractivity contribution < 1.29 is 14.0 Å². The van der Waals surface area contributed by atoms with E-state index in [1.165, 1.54) is 18.3 Å². The van der Waals surface area contributed by atoms with Gasteiger partial charge in [-0.15, -0.1) is 0 Å². The largest absolute Gasteiger partial charge is 0.350 e. The number of likely N-dealkylation sites (tertiary alicyclic amines) is 1. The molecule has 0 saturated carbocycles. The number of aromatic nitrogens is 2. The summed E-state index contributed by atoms with van der Waals surface area (Å²) >= 11 is 0. The number of nitrogens with one attached hydrogen (secondary N) is 2. The number of carbonyl (C=O) groups excluding carboxylic acids is 2. The number of halogens is 1. The van der Waals surface area contributed by atoms with Gasteiger partial charge in [0.05, 0.1) is 10.9 Å². The van der Waals surface area contributed by atoms with E-state index in [2.05, 4.69) is 27.2 Å². The Morgan fingerprint density at radius 2 is 2.00 bits per heavy atom. The van der Waals surface area contributed by atoms with Crippen molar-refractivity contribution in [1.29, 1.82) is 0 Å². The summed E-state index contributed by atoms with van der Waals surface area (Å²) in [5.41, 5.74) is 1.68. The molecule has 0 radical (unpaired) electrons. The van der Waals surface area contributed by atoms with Gasteiger partial charge in [0, 0.05) is 36.6 Å². The number of anilines is 2. The topological polar surface area (TPSA) is 87.2 Å². The zero-order valence-corrected chi connectivity index (χ0v) is 16.1. The van der Waals surface area contributed by atoms with E-state index in [9.17, 15) is 14.0 Å². The summed E-state index contributed by atoms with van der Waals surface area (Å²) in [6.07, 6.45) is 3.40. The second-order valence-electron chi connectivity index (χ2n) is 7.02. The van der Waals surface area contributed by atoms with Crippen molar-refractivity contribution in [3.05, 3.63) is 72.7 Å². The van der Waals surface area contributed by atoms with Crippen LogP contribution in [-0.2, 0) is 4.79 Å². The van der Waals surface area contributed by atoms with Crippen LogP contribution in [-0.4, -0.2) is 45.8 Å². The maximum Gasteiger partial charge on any atom is 0.253 e. The molecule has 0 spiro atoms. The lowest BCUT2D eigenvalue weighted by Crippen LogP contribution is -2.31. The van der Waals surface area contributed by atoms with E-state index in [1.54, 1.807) is 41.3 Å². The fourth-order valence-electron chi connectivity index (χ4n) is 3.41. The van der Waals surface area contributed by atoms with E-state index < -0.39 is 0 Å². The highest BCUT2D eigenvalue weighted by Gasteiger charge is 2.27. The quantitative estimate of drug-likeness (QED) is 0.637. The van der Waals surface area contributed by atoms with Crippen molar-refractivity contribution in [2.24, 2.45) is 0 Å². The molecule has 3 aromatic rings. The first kappa shape index (κ1) is 19.5. The normalized spacial score (nSPS) is 15.8. The predicted octanol–water partition coefficient (Wildman–Crippen LogP) is 3.22. The molecular weight excluding hydrogens is 385 g/mol. The van der Waals surface area contributed by atoms with E-state index in [0.717, 1.165) is 6.42 Å². The van der Waals surface area contributed by atoms with Gasteiger partial charge in [-0.05, 0) is 48.9 Å². The number of hydrogen-bond acceptors (Lipinski definition) is 5. The van der Waals surface area contributed by atoms with Crippen LogP contribution in [0.3, 0.4) is 0 Å². The molecule has 30 heavy (non-hydrogen) atoms. The van der Waals surface area contributed by atoms with Crippen LogP contribution in [0.5, 0.6) is 0 Å². The SMILES string of the molecule is C=CC(=O)Nc1ccc(C(=O)N2CC[C@H](Nc3ncc4c(F)cccc4n3)C2)cc1. The summed E-state index contributed by atoms with van der Waals surface area (Å²) in [6.45, 7) is 4.52. The molecular formula is C22H20FN5O2. The van der Waals surface area contributed by atoms with Gasteiger partial charge in [0.1, 0.15) is 5.82 Å². The molecule has 2 aromatic carbocycles. The second kappa shape index (κ2) is 8.28. The number of amides is 2. The number of rotatable bonds is 5. The van der Waals surface area contributed by atoms with Crippen molar-refractivity contribution in [1.82, 2.24) is 14.9 Å². The van der Waals surface area contributed by atoms with E-state index >= 15 is 0 Å². The minimum Gasteiger partial charge on any atom is -0.350 e. The van der Waals surface area contributed by atoms with Gasteiger partial charge in [0.15, 0.2) is 0 Å². The van der Waals surface area contributed by atoms with Gasteiger partial charge in [-0.2, -0.15) is 0 Å². The van der Waals surface area contributed by atoms with Crippen molar-refractivity contribution in [2.45, 2.75) is 12.5 Å². The summed E-state index contributed by atoms with van der Waals surface area (Å²) in [5, 5.41) is 6.25. The first-order valence-corrected chi connectivity index (χ1v) is 9.54. The summed E-state index contributed by atoms with van der Waals surface area (Å²) in [4.78, 5) is 34.4. The number of hydrogen-bond donors (Lipinski definition) is 2. The van der Waals surface area contributed by atoms with Crippen LogP contribution in [0.25, 0.3) is 10.9 Å². The molecule has 1 aliphatic rings. The van der Waals surface area contributed by atoms with Crippen molar-refractivity contribution in [3.8, 4) is 0 Å². The maximum absolute atomic E-state index is 13.8. The highest BCUT2D eigenvalue weighted by atomic mass is 19.1. The van der Waals surface area contributed by atoms with Crippen LogP contribution >= 0.6 is 0 Å². The van der Waals surface area contributed by atoms with Gasteiger partial charge < -0.3 is 15.5 Å². The van der Waals surface area contributed by atoms with E-state index in [4.69, 9.17) is 0 Å². The van der Waals surface area contributed by atoms with Gasteiger partial charge >= 0.3 is 0 Å². The van der Waals surface area contributed by atoms with Gasteiger partial charge in [0.25, 0.3) is 5.91 Å². The molecule has 1 atom stereocenters. The van der Waals surface area contributed by atoms with Crippen molar-refractivity contribution in [3.63, 3.8) is 0 Å². The highest BCUT2D eigenvalue weighted by molar-refractivity contribution is 5.99. The zero-order valence-electron chi connectivity index (χ0n) is 16.1. The third-order valence-electron chi connectivity index (χ3n) is 4.97. The standard InChI is InChI=1S/C22H20FN5O2/c1-2-20(29)25-15-8-6-14(7-9-15)21(30)28-11-10-16(13-28)26-22-24-12-17-18(23)4-3-5-19(17)27-22/h2-9,12,16H,1,10-11,13H2,(H,25,29)(H,24,26,27)/t16-/m0/s1. The van der Waals surface area contributed by atoms with Crippen LogP contribution in [0, 0.1) is 5.82 Å². The van der Waals surface area contributed by atoms with Crippen LogP contribution in [0.15, 0.2) is 61.3 Å². The van der Waals surface area contributed by atoms with Gasteiger partial charge in [-0.1, -0.05) is 12.6 Å². The molecule has 0 aliphatic carbocycles. The number of fused-ring (bicyclic) bond motifs is 1. The van der Waals surface area contributed by atoms with Gasteiger partial charge in [0.2, 0.25) is 11.9 Å². The third-order valence-corrected chi connectivity index (χ3v) is 4.97. The summed E-state index contributed by atoms with van der Waals surface area (Å²) in [7, 11) is 0. The molecule has 8 heteroatoms. The predicted molar refractivity (Wildman–Crippen MR) is 113 cm³/mol. The molecule has 1 aromatic heterocycles. The van der Waals surface area contributed by atoms with Gasteiger partial charge in [-0.25, -0.2) is 14.4 Å². The summed E-state index contributed by atoms with van der Waals surface area (Å²) < 4.78 is 13.8. The molecule has 1 aliphatic heterocycles. The van der Waals surface area contributed by atoms with Crippen molar-refractivity contribution >= 4 is 34.4 Å². The monoisotopic (exact) mass is 405 g/mol. The molecule has 1 fully saturated rings. The number of benzene rings is 2. The van der Waals surface area contributed by atoms with Crippen LogP contribution < -0.4 is 10.6 Å². The minimum atomic E-state index is -0.355. The Labute approximate surface area is 172 Å². The molecule has 2 N–H and O–H groups in total. The highest BCUT2D eigenvalue weighted by Crippen LogP contribution is 2.20. The lowest BCUT2D eigenvalue weighted by molar-refractivity contribution is -0.111. The van der Waals surface area contributed by atoms with E-state index in [0.29, 0.717) is 41.2 Å². The fraction of sp³-hybridized carbons (Fsp3) is 0.182.